The summed E-state index contributed by atoms with van der Waals surface area (Å²) in [4.78, 5) is 26.3. The Morgan fingerprint density at radius 3 is 2.33 bits per heavy atom. The predicted molar refractivity (Wildman–Crippen MR) is 139 cm³/mol. The first-order chi connectivity index (χ1) is 18.4. The minimum Gasteiger partial charge on any atom is -0.493 e. The van der Waals surface area contributed by atoms with Gasteiger partial charge in [0.25, 0.3) is 5.91 Å². The Bertz CT molecular complexity index is 1180. The van der Waals surface area contributed by atoms with Crippen LogP contribution < -0.4 is 4.74 Å². The number of likely N-dealkylation sites (tertiary alicyclic amines) is 2. The normalized spacial score (nSPS) is 16.9. The number of ether oxygens (including phenoxy) is 1. The summed E-state index contributed by atoms with van der Waals surface area (Å²) >= 11 is 0. The molecule has 0 unspecified atom stereocenters. The maximum atomic E-state index is 12.9. The molecule has 0 radical (unpaired) electrons. The number of rotatable bonds is 6. The van der Waals surface area contributed by atoms with Crippen molar-refractivity contribution in [3.05, 3.63) is 65.2 Å². The summed E-state index contributed by atoms with van der Waals surface area (Å²) in [6.45, 7) is 9.75. The minimum atomic E-state index is -5.08. The van der Waals surface area contributed by atoms with Gasteiger partial charge in [-0.25, -0.2) is 4.79 Å². The lowest BCUT2D eigenvalue weighted by molar-refractivity contribution is -0.192. The van der Waals surface area contributed by atoms with Crippen LogP contribution in [0.4, 0.5) is 13.2 Å². The van der Waals surface area contributed by atoms with Gasteiger partial charge in [0, 0.05) is 37.3 Å². The summed E-state index contributed by atoms with van der Waals surface area (Å²) < 4.78 is 37.8. The first kappa shape index (κ1) is 30.0. The van der Waals surface area contributed by atoms with Gasteiger partial charge in [-0.2, -0.15) is 18.4 Å². The highest BCUT2D eigenvalue weighted by molar-refractivity contribution is 5.94. The van der Waals surface area contributed by atoms with Crippen molar-refractivity contribution in [3.8, 4) is 11.8 Å². The molecule has 2 fully saturated rings. The number of carbonyl (C=O) groups excluding carboxylic acids is 1. The summed E-state index contributed by atoms with van der Waals surface area (Å²) in [7, 11) is 0. The molecule has 2 heterocycles. The van der Waals surface area contributed by atoms with Gasteiger partial charge in [0.15, 0.2) is 0 Å². The van der Waals surface area contributed by atoms with E-state index in [1.54, 1.807) is 18.2 Å². The minimum absolute atomic E-state index is 0.0445. The van der Waals surface area contributed by atoms with E-state index in [2.05, 4.69) is 43.0 Å². The quantitative estimate of drug-likeness (QED) is 0.526. The van der Waals surface area contributed by atoms with E-state index in [1.807, 2.05) is 17.0 Å². The van der Waals surface area contributed by atoms with E-state index >= 15 is 0 Å². The zero-order chi connectivity index (χ0) is 28.6. The summed E-state index contributed by atoms with van der Waals surface area (Å²) in [5.41, 5.74) is 2.72. The van der Waals surface area contributed by atoms with Crippen LogP contribution in [0.2, 0.25) is 0 Å². The zero-order valence-electron chi connectivity index (χ0n) is 22.2. The van der Waals surface area contributed by atoms with Gasteiger partial charge in [0.1, 0.15) is 5.75 Å². The number of carbonyl (C=O) groups is 2. The fourth-order valence-corrected chi connectivity index (χ4v) is 4.93. The van der Waals surface area contributed by atoms with Crippen LogP contribution in [0.15, 0.2) is 48.5 Å². The SMILES string of the molecule is CC(C)COc1ccccc1CN1CCC2(CCN(C(=O)c3cccc(C#N)c3)CC2)C1.O=C(O)C(F)(F)F. The van der Waals surface area contributed by atoms with Crippen molar-refractivity contribution >= 4 is 11.9 Å². The lowest BCUT2D eigenvalue weighted by Gasteiger charge is -2.39. The van der Waals surface area contributed by atoms with Gasteiger partial charge in [0.2, 0.25) is 0 Å². The Kier molecular flexibility index (Phi) is 9.97. The molecule has 4 rings (SSSR count). The molecule has 2 aromatic rings. The Hall–Kier alpha value is -3.58. The van der Waals surface area contributed by atoms with Crippen molar-refractivity contribution < 1.29 is 32.6 Å². The van der Waals surface area contributed by atoms with E-state index in [-0.39, 0.29) is 5.91 Å². The maximum Gasteiger partial charge on any atom is 0.490 e. The van der Waals surface area contributed by atoms with E-state index < -0.39 is 12.1 Å². The van der Waals surface area contributed by atoms with Crippen LogP contribution in [0.3, 0.4) is 0 Å². The van der Waals surface area contributed by atoms with E-state index in [0.717, 1.165) is 57.9 Å². The van der Waals surface area contributed by atoms with Crippen molar-refractivity contribution in [1.29, 1.82) is 5.26 Å². The second kappa shape index (κ2) is 13.0. The van der Waals surface area contributed by atoms with Gasteiger partial charge in [-0.1, -0.05) is 38.1 Å². The standard InChI is InChI=1S/C27H33N3O2.C2HF3O2/c1-21(2)19-32-25-9-4-3-7-24(25)18-29-13-10-27(20-29)11-14-30(15-12-27)26(31)23-8-5-6-22(16-23)17-28;3-2(4,5)1(6)7/h3-9,16,21H,10-15,18-20H2,1-2H3;(H,6,7). The molecule has 2 aliphatic heterocycles. The number of aliphatic carboxylic acids is 1. The van der Waals surface area contributed by atoms with Crippen LogP contribution in [0, 0.1) is 22.7 Å². The number of alkyl halides is 3. The smallest absolute Gasteiger partial charge is 0.490 e. The van der Waals surface area contributed by atoms with Crippen LogP contribution in [-0.2, 0) is 11.3 Å². The number of amides is 1. The van der Waals surface area contributed by atoms with Crippen molar-refractivity contribution in [1.82, 2.24) is 9.80 Å². The topological polar surface area (TPSA) is 93.9 Å². The molecular weight excluding hydrogens is 511 g/mol. The molecule has 39 heavy (non-hydrogen) atoms. The highest BCUT2D eigenvalue weighted by Gasteiger charge is 2.41. The molecule has 0 atom stereocenters. The third kappa shape index (κ3) is 8.45. The van der Waals surface area contributed by atoms with E-state index in [9.17, 15) is 18.0 Å². The molecule has 1 spiro atoms. The van der Waals surface area contributed by atoms with Crippen molar-refractivity contribution in [2.24, 2.45) is 11.3 Å². The van der Waals surface area contributed by atoms with Gasteiger partial charge in [0.05, 0.1) is 18.2 Å². The third-order valence-electron chi connectivity index (χ3n) is 7.05. The molecule has 1 amide bonds. The van der Waals surface area contributed by atoms with Crippen LogP contribution in [0.25, 0.3) is 0 Å². The van der Waals surface area contributed by atoms with Gasteiger partial charge in [-0.15, -0.1) is 0 Å². The van der Waals surface area contributed by atoms with E-state index in [0.29, 0.717) is 22.5 Å². The number of hydrogen-bond acceptors (Lipinski definition) is 5. The molecule has 0 saturated carbocycles. The van der Waals surface area contributed by atoms with Gasteiger partial charge in [-0.3, -0.25) is 9.69 Å². The van der Waals surface area contributed by atoms with Crippen LogP contribution >= 0.6 is 0 Å². The average Bonchev–Trinajstić information content (AvgIpc) is 3.29. The summed E-state index contributed by atoms with van der Waals surface area (Å²) in [6.07, 6.45) is -1.81. The Balaban J connectivity index is 0.000000532. The van der Waals surface area contributed by atoms with E-state index in [1.165, 1.54) is 12.0 Å². The molecule has 210 valence electrons. The number of nitrogens with zero attached hydrogens (tertiary/aromatic N) is 3. The second-order valence-electron chi connectivity index (χ2n) is 10.6. The van der Waals surface area contributed by atoms with Gasteiger partial charge >= 0.3 is 12.1 Å². The monoisotopic (exact) mass is 545 g/mol. The Labute approximate surface area is 226 Å². The molecule has 0 bridgehead atoms. The molecule has 0 aromatic heterocycles. The molecule has 2 aliphatic rings. The van der Waals surface area contributed by atoms with Gasteiger partial charge in [-0.05, 0) is 61.4 Å². The average molecular weight is 546 g/mol. The third-order valence-corrected chi connectivity index (χ3v) is 7.05. The molecular formula is C29H34F3N3O4. The number of halogens is 3. The molecule has 1 N–H and O–H groups in total. The predicted octanol–water partition coefficient (Wildman–Crippen LogP) is 5.35. The number of carboxylic acids is 1. The van der Waals surface area contributed by atoms with Crippen molar-refractivity contribution in [2.75, 3.05) is 32.8 Å². The molecule has 10 heteroatoms. The van der Waals surface area contributed by atoms with Crippen LogP contribution in [0.1, 0.15) is 54.6 Å². The summed E-state index contributed by atoms with van der Waals surface area (Å²) in [5, 5.41) is 16.2. The molecule has 0 aliphatic carbocycles. The number of nitriles is 1. The molecule has 2 saturated heterocycles. The number of para-hydroxylation sites is 1. The summed E-state index contributed by atoms with van der Waals surface area (Å²) in [6, 6.07) is 17.5. The maximum absolute atomic E-state index is 12.9. The number of hydrogen-bond donors (Lipinski definition) is 1. The fraction of sp³-hybridized carbons (Fsp3) is 0.483. The molecule has 2 aromatic carbocycles. The van der Waals surface area contributed by atoms with Gasteiger partial charge < -0.3 is 14.7 Å². The highest BCUT2D eigenvalue weighted by Crippen LogP contribution is 2.41. The second-order valence-corrected chi connectivity index (χ2v) is 10.6. The largest absolute Gasteiger partial charge is 0.493 e. The summed E-state index contributed by atoms with van der Waals surface area (Å²) in [5.74, 6) is -1.20. The number of carboxylic acid groups (broad SMARTS) is 1. The first-order valence-corrected chi connectivity index (χ1v) is 12.9. The van der Waals surface area contributed by atoms with Crippen LogP contribution in [0.5, 0.6) is 5.75 Å². The Morgan fingerprint density at radius 1 is 1.08 bits per heavy atom. The lowest BCUT2D eigenvalue weighted by Crippen LogP contribution is -2.44. The van der Waals surface area contributed by atoms with Crippen LogP contribution in [-0.4, -0.2) is 65.7 Å². The molecule has 7 nitrogen and oxygen atoms in total. The number of piperidine rings is 1. The van der Waals surface area contributed by atoms with Crippen molar-refractivity contribution in [2.45, 2.75) is 45.8 Å². The highest BCUT2D eigenvalue weighted by atomic mass is 19.4. The lowest BCUT2D eigenvalue weighted by atomic mass is 9.77. The van der Waals surface area contributed by atoms with E-state index in [4.69, 9.17) is 19.9 Å². The first-order valence-electron chi connectivity index (χ1n) is 12.9. The Morgan fingerprint density at radius 2 is 1.72 bits per heavy atom. The number of benzene rings is 2. The zero-order valence-corrected chi connectivity index (χ0v) is 22.2. The fourth-order valence-electron chi connectivity index (χ4n) is 4.93. The van der Waals surface area contributed by atoms with Crippen molar-refractivity contribution in [3.63, 3.8) is 0 Å².